The van der Waals surface area contributed by atoms with Gasteiger partial charge in [-0.3, -0.25) is 4.79 Å². The topological polar surface area (TPSA) is 101 Å². The highest BCUT2D eigenvalue weighted by molar-refractivity contribution is 7.91. The van der Waals surface area contributed by atoms with Crippen LogP contribution in [0.3, 0.4) is 0 Å². The molecule has 1 N–H and O–H groups in total. The van der Waals surface area contributed by atoms with Crippen LogP contribution >= 0.6 is 0 Å². The van der Waals surface area contributed by atoms with Gasteiger partial charge in [0.05, 0.1) is 10.1 Å². The van der Waals surface area contributed by atoms with E-state index in [1.165, 1.54) is 23.3 Å². The quantitative estimate of drug-likeness (QED) is 0.744. The summed E-state index contributed by atoms with van der Waals surface area (Å²) in [6.07, 6.45) is 1.83. The SMILES string of the molecule is CC(C)C(NS(=O)(=O)c1cccc(F)c1)C(=O)N1CCC(S(C)(=O)=O)CC1. The maximum atomic E-state index is 13.4. The van der Waals surface area contributed by atoms with Crippen LogP contribution < -0.4 is 4.72 Å². The first-order chi connectivity index (χ1) is 12.4. The molecule has 1 aromatic rings. The van der Waals surface area contributed by atoms with Crippen LogP contribution in [0.25, 0.3) is 0 Å². The van der Waals surface area contributed by atoms with Crippen LogP contribution in [0.5, 0.6) is 0 Å². The van der Waals surface area contributed by atoms with Gasteiger partial charge >= 0.3 is 0 Å². The van der Waals surface area contributed by atoms with E-state index in [0.717, 1.165) is 12.1 Å². The van der Waals surface area contributed by atoms with Crippen LogP contribution in [0.15, 0.2) is 29.2 Å². The van der Waals surface area contributed by atoms with Crippen LogP contribution in [0, 0.1) is 11.7 Å². The number of piperidine rings is 1. The number of rotatable bonds is 6. The highest BCUT2D eigenvalue weighted by atomic mass is 32.2. The van der Waals surface area contributed by atoms with E-state index in [1.807, 2.05) is 0 Å². The number of hydrogen-bond donors (Lipinski definition) is 1. The van der Waals surface area contributed by atoms with Crippen molar-refractivity contribution in [3.63, 3.8) is 0 Å². The van der Waals surface area contributed by atoms with E-state index >= 15 is 0 Å². The molecule has 1 amide bonds. The molecular formula is C17H25FN2O5S2. The molecule has 1 unspecified atom stereocenters. The van der Waals surface area contributed by atoms with E-state index in [-0.39, 0.29) is 23.9 Å². The van der Waals surface area contributed by atoms with Crippen molar-refractivity contribution in [3.05, 3.63) is 30.1 Å². The number of carbonyl (C=O) groups is 1. The minimum absolute atomic E-state index is 0.251. The Balaban J connectivity index is 2.14. The summed E-state index contributed by atoms with van der Waals surface area (Å²) in [5.74, 6) is -1.43. The molecule has 0 spiro atoms. The van der Waals surface area contributed by atoms with Crippen molar-refractivity contribution in [2.75, 3.05) is 19.3 Å². The summed E-state index contributed by atoms with van der Waals surface area (Å²) in [6, 6.07) is 3.54. The first kappa shape index (κ1) is 21.8. The maximum Gasteiger partial charge on any atom is 0.241 e. The van der Waals surface area contributed by atoms with Crippen LogP contribution in [0.1, 0.15) is 26.7 Å². The number of nitrogens with zero attached hydrogens (tertiary/aromatic N) is 1. The molecular weight excluding hydrogens is 395 g/mol. The van der Waals surface area contributed by atoms with Crippen molar-refractivity contribution in [2.24, 2.45) is 5.92 Å². The Bertz CT molecular complexity index is 892. The predicted molar refractivity (Wildman–Crippen MR) is 99.8 cm³/mol. The van der Waals surface area contributed by atoms with Crippen molar-refractivity contribution in [2.45, 2.75) is 42.9 Å². The van der Waals surface area contributed by atoms with Gasteiger partial charge in [0, 0.05) is 19.3 Å². The number of nitrogens with one attached hydrogen (secondary N) is 1. The standard InChI is InChI=1S/C17H25FN2O5S2/c1-12(2)16(19-27(24,25)15-6-4-5-13(18)11-15)17(21)20-9-7-14(8-10-20)26(3,22)23/h4-6,11-12,14,16,19H,7-10H2,1-3H3. The van der Waals surface area contributed by atoms with Gasteiger partial charge in [0.25, 0.3) is 0 Å². The molecule has 0 bridgehead atoms. The van der Waals surface area contributed by atoms with Crippen molar-refractivity contribution in [1.82, 2.24) is 9.62 Å². The van der Waals surface area contributed by atoms with Crippen LogP contribution in [-0.2, 0) is 24.7 Å². The lowest BCUT2D eigenvalue weighted by Crippen LogP contribution is -2.53. The van der Waals surface area contributed by atoms with Gasteiger partial charge in [-0.2, -0.15) is 4.72 Å². The summed E-state index contributed by atoms with van der Waals surface area (Å²) in [5.41, 5.74) is 0. The highest BCUT2D eigenvalue weighted by Gasteiger charge is 2.35. The van der Waals surface area contributed by atoms with Crippen molar-refractivity contribution >= 4 is 25.8 Å². The fraction of sp³-hybridized carbons (Fsp3) is 0.588. The number of sulfonamides is 1. The molecule has 7 nitrogen and oxygen atoms in total. The lowest BCUT2D eigenvalue weighted by molar-refractivity contribution is -0.134. The Labute approximate surface area is 159 Å². The summed E-state index contributed by atoms with van der Waals surface area (Å²) < 4.78 is 64.1. The smallest absolute Gasteiger partial charge is 0.241 e. The normalized spacial score (nSPS) is 17.9. The third kappa shape index (κ3) is 5.49. The van der Waals surface area contributed by atoms with Crippen LogP contribution in [-0.4, -0.2) is 58.3 Å². The summed E-state index contributed by atoms with van der Waals surface area (Å²) in [4.78, 5) is 14.1. The molecule has 1 saturated heterocycles. The Morgan fingerprint density at radius 3 is 2.26 bits per heavy atom. The molecule has 0 aromatic heterocycles. The summed E-state index contributed by atoms with van der Waals surface area (Å²) in [6.45, 7) is 3.92. The van der Waals surface area contributed by atoms with E-state index in [1.54, 1.807) is 13.8 Å². The molecule has 0 radical (unpaired) electrons. The molecule has 0 aliphatic carbocycles. The van der Waals surface area contributed by atoms with Gasteiger partial charge in [-0.15, -0.1) is 0 Å². The van der Waals surface area contributed by atoms with Gasteiger partial charge in [-0.1, -0.05) is 19.9 Å². The van der Waals surface area contributed by atoms with Crippen molar-refractivity contribution in [1.29, 1.82) is 0 Å². The van der Waals surface area contributed by atoms with E-state index in [0.29, 0.717) is 12.8 Å². The zero-order valence-corrected chi connectivity index (χ0v) is 17.2. The van der Waals surface area contributed by atoms with Gasteiger partial charge in [0.15, 0.2) is 0 Å². The van der Waals surface area contributed by atoms with Crippen LogP contribution in [0.2, 0.25) is 0 Å². The number of carbonyl (C=O) groups excluding carboxylic acids is 1. The van der Waals surface area contributed by atoms with Crippen molar-refractivity contribution < 1.29 is 26.0 Å². The maximum absolute atomic E-state index is 13.4. The Kier molecular flexibility index (Phi) is 6.64. The second-order valence-corrected chi connectivity index (χ2v) is 11.2. The average Bonchev–Trinajstić information content (AvgIpc) is 2.58. The van der Waals surface area contributed by atoms with Gasteiger partial charge in [0.2, 0.25) is 15.9 Å². The largest absolute Gasteiger partial charge is 0.341 e. The van der Waals surface area contributed by atoms with E-state index in [4.69, 9.17) is 0 Å². The van der Waals surface area contributed by atoms with Crippen molar-refractivity contribution in [3.8, 4) is 0 Å². The Morgan fingerprint density at radius 1 is 1.19 bits per heavy atom. The molecule has 1 aliphatic rings. The van der Waals surface area contributed by atoms with Gasteiger partial charge in [-0.05, 0) is 37.0 Å². The minimum atomic E-state index is -4.08. The first-order valence-electron chi connectivity index (χ1n) is 8.67. The Hall–Kier alpha value is -1.52. The predicted octanol–water partition coefficient (Wildman–Crippen LogP) is 1.16. The number of halogens is 1. The Morgan fingerprint density at radius 2 is 1.78 bits per heavy atom. The number of benzene rings is 1. The molecule has 152 valence electrons. The molecule has 1 aromatic carbocycles. The number of hydrogen-bond acceptors (Lipinski definition) is 5. The highest BCUT2D eigenvalue weighted by Crippen LogP contribution is 2.20. The summed E-state index contributed by atoms with van der Waals surface area (Å²) in [5, 5.41) is -0.483. The molecule has 1 fully saturated rings. The third-order valence-electron chi connectivity index (χ3n) is 4.68. The summed E-state index contributed by atoms with van der Waals surface area (Å²) in [7, 11) is -7.24. The fourth-order valence-corrected chi connectivity index (χ4v) is 5.48. The average molecular weight is 421 g/mol. The molecule has 0 saturated carbocycles. The number of likely N-dealkylation sites (tertiary alicyclic amines) is 1. The molecule has 1 heterocycles. The lowest BCUT2D eigenvalue weighted by Gasteiger charge is -2.34. The monoisotopic (exact) mass is 420 g/mol. The first-order valence-corrected chi connectivity index (χ1v) is 12.1. The zero-order chi connectivity index (χ0) is 20.4. The minimum Gasteiger partial charge on any atom is -0.341 e. The molecule has 2 rings (SSSR count). The van der Waals surface area contributed by atoms with E-state index in [2.05, 4.69) is 4.72 Å². The van der Waals surface area contributed by atoms with E-state index < -0.39 is 42.9 Å². The van der Waals surface area contributed by atoms with Gasteiger partial charge in [0.1, 0.15) is 21.7 Å². The van der Waals surface area contributed by atoms with Gasteiger partial charge in [-0.25, -0.2) is 21.2 Å². The zero-order valence-electron chi connectivity index (χ0n) is 15.6. The third-order valence-corrected chi connectivity index (χ3v) is 7.80. The van der Waals surface area contributed by atoms with Gasteiger partial charge < -0.3 is 4.90 Å². The number of amides is 1. The molecule has 1 atom stereocenters. The second-order valence-electron chi connectivity index (χ2n) is 7.15. The lowest BCUT2D eigenvalue weighted by atomic mass is 10.0. The molecule has 1 aliphatic heterocycles. The molecule has 10 heteroatoms. The second kappa shape index (κ2) is 8.24. The van der Waals surface area contributed by atoms with Crippen LogP contribution in [0.4, 0.5) is 4.39 Å². The summed E-state index contributed by atoms with van der Waals surface area (Å²) >= 11 is 0. The number of sulfone groups is 1. The molecule has 27 heavy (non-hydrogen) atoms. The van der Waals surface area contributed by atoms with E-state index in [9.17, 15) is 26.0 Å². The fourth-order valence-electron chi connectivity index (χ4n) is 3.04.